The van der Waals surface area contributed by atoms with Gasteiger partial charge in [0, 0.05) is 25.7 Å². The number of thiocarbonyl (C=S) groups is 1. The first-order chi connectivity index (χ1) is 26.5. The molecular formula is C41H53N4O8PS. The largest absolute Gasteiger partial charge is 0.497 e. The Morgan fingerprint density at radius 2 is 1.49 bits per heavy atom. The number of hydrogen-bond acceptors (Lipinski definition) is 11. The SMILES string of the molecule is COc1ccc(C(OC[C@H]2O[C@@H](N3CC(C)C(=O)NC3=S)[C@H](OC)[C@@H]2OP(OCCC#N)N(C(C)C)C(C)C)(c2ccccc2)c2ccc(OC)cc2)cc1. The lowest BCUT2D eigenvalue weighted by Crippen LogP contribution is -2.59. The first-order valence-electron chi connectivity index (χ1n) is 18.5. The molecular weight excluding hydrogens is 740 g/mol. The molecule has 1 N–H and O–H groups in total. The molecule has 0 spiro atoms. The van der Waals surface area contributed by atoms with Gasteiger partial charge in [-0.1, -0.05) is 61.5 Å². The molecule has 55 heavy (non-hydrogen) atoms. The van der Waals surface area contributed by atoms with E-state index in [0.717, 1.165) is 16.7 Å². The van der Waals surface area contributed by atoms with E-state index in [9.17, 15) is 10.1 Å². The first-order valence-corrected chi connectivity index (χ1v) is 20.1. The summed E-state index contributed by atoms with van der Waals surface area (Å²) in [5, 5.41) is 12.5. The van der Waals surface area contributed by atoms with Gasteiger partial charge in [0.15, 0.2) is 11.3 Å². The normalized spacial score (nSPS) is 22.2. The van der Waals surface area contributed by atoms with Crippen LogP contribution < -0.4 is 14.8 Å². The van der Waals surface area contributed by atoms with Gasteiger partial charge in [-0.25, -0.2) is 4.67 Å². The lowest BCUT2D eigenvalue weighted by molar-refractivity contribution is -0.130. The molecule has 2 heterocycles. The van der Waals surface area contributed by atoms with Gasteiger partial charge in [-0.15, -0.1) is 0 Å². The highest BCUT2D eigenvalue weighted by Crippen LogP contribution is 2.50. The predicted molar refractivity (Wildman–Crippen MR) is 214 cm³/mol. The van der Waals surface area contributed by atoms with Crippen LogP contribution in [0.1, 0.15) is 57.7 Å². The van der Waals surface area contributed by atoms with Crippen molar-refractivity contribution in [3.05, 3.63) is 95.6 Å². The Bertz CT molecular complexity index is 1690. The van der Waals surface area contributed by atoms with Crippen LogP contribution in [0.3, 0.4) is 0 Å². The number of ether oxygens (including phenoxy) is 5. The van der Waals surface area contributed by atoms with E-state index in [1.165, 1.54) is 0 Å². The fourth-order valence-electron chi connectivity index (χ4n) is 7.13. The van der Waals surface area contributed by atoms with Crippen LogP contribution in [0.25, 0.3) is 0 Å². The number of carbonyl (C=O) groups excluding carboxylic acids is 1. The van der Waals surface area contributed by atoms with Crippen molar-refractivity contribution in [2.75, 3.05) is 41.1 Å². The van der Waals surface area contributed by atoms with Crippen LogP contribution in [0.15, 0.2) is 78.9 Å². The summed E-state index contributed by atoms with van der Waals surface area (Å²) in [6.07, 6.45) is -2.63. The molecule has 0 radical (unpaired) electrons. The second kappa shape index (κ2) is 19.4. The number of methoxy groups -OCH3 is 3. The van der Waals surface area contributed by atoms with Crippen molar-refractivity contribution in [1.82, 2.24) is 14.9 Å². The Kier molecular flexibility index (Phi) is 15.0. The van der Waals surface area contributed by atoms with Crippen LogP contribution in [0.4, 0.5) is 0 Å². The minimum absolute atomic E-state index is 0.0429. The zero-order valence-electron chi connectivity index (χ0n) is 32.8. The molecule has 5 rings (SSSR count). The molecule has 2 saturated heterocycles. The quantitative estimate of drug-likeness (QED) is 0.0634. The molecule has 3 aromatic rings. The van der Waals surface area contributed by atoms with E-state index in [-0.39, 0.29) is 48.7 Å². The molecule has 6 atom stereocenters. The Hall–Kier alpha value is -3.70. The summed E-state index contributed by atoms with van der Waals surface area (Å²) in [5.74, 6) is 0.929. The topological polar surface area (TPSA) is 124 Å². The summed E-state index contributed by atoms with van der Waals surface area (Å²) < 4.78 is 47.2. The van der Waals surface area contributed by atoms with Crippen molar-refractivity contribution < 1.29 is 37.5 Å². The smallest absolute Gasteiger partial charge is 0.259 e. The number of nitrogens with zero attached hydrogens (tertiary/aromatic N) is 3. The molecule has 1 amide bonds. The second-order valence-corrected chi connectivity index (χ2v) is 15.8. The summed E-state index contributed by atoms with van der Waals surface area (Å²) in [7, 11) is 3.17. The monoisotopic (exact) mass is 792 g/mol. The van der Waals surface area contributed by atoms with Gasteiger partial charge in [0.2, 0.25) is 5.91 Å². The van der Waals surface area contributed by atoms with Gasteiger partial charge in [0.05, 0.1) is 45.8 Å². The van der Waals surface area contributed by atoms with E-state index < -0.39 is 38.7 Å². The Balaban J connectivity index is 1.62. The third kappa shape index (κ3) is 9.47. The zero-order chi connectivity index (χ0) is 39.7. The van der Waals surface area contributed by atoms with Gasteiger partial charge in [-0.2, -0.15) is 5.26 Å². The van der Waals surface area contributed by atoms with Gasteiger partial charge in [0.25, 0.3) is 8.53 Å². The highest BCUT2D eigenvalue weighted by Gasteiger charge is 2.53. The molecule has 2 aliphatic heterocycles. The third-order valence-electron chi connectivity index (χ3n) is 9.79. The van der Waals surface area contributed by atoms with Gasteiger partial charge in [-0.05, 0) is 80.9 Å². The molecule has 0 aliphatic carbocycles. The standard InChI is InChI=1S/C41H53N4O8PS/c1-27(2)45(28(3)4)54(51-24-12-23-42)53-36-35(52-39(37(36)49-8)44-25-29(5)38(46)43-40(44)55)26-50-41(30-13-10-9-11-14-30,31-15-19-33(47-6)20-16-31)32-17-21-34(48-7)22-18-32/h9-11,13-22,27-29,35-37,39H,12,24-26H2,1-8H3,(H,43,46,55)/t29?,35-,36-,37-,39-,54?/m1/s1. The van der Waals surface area contributed by atoms with Crippen LogP contribution in [-0.4, -0.2) is 98.3 Å². The Labute approximate surface area is 331 Å². The molecule has 2 aliphatic rings. The van der Waals surface area contributed by atoms with E-state index in [1.54, 1.807) is 21.3 Å². The maximum atomic E-state index is 12.6. The molecule has 14 heteroatoms. The number of carbonyl (C=O) groups is 1. The highest BCUT2D eigenvalue weighted by molar-refractivity contribution is 7.80. The van der Waals surface area contributed by atoms with Crippen molar-refractivity contribution in [3.63, 3.8) is 0 Å². The third-order valence-corrected chi connectivity index (χ3v) is 12.3. The molecule has 3 aromatic carbocycles. The molecule has 296 valence electrons. The van der Waals surface area contributed by atoms with Crippen molar-refractivity contribution in [2.45, 2.75) is 83.3 Å². The van der Waals surface area contributed by atoms with E-state index in [1.807, 2.05) is 90.7 Å². The van der Waals surface area contributed by atoms with Crippen LogP contribution in [0, 0.1) is 17.2 Å². The fraction of sp³-hybridized carbons (Fsp3) is 0.488. The van der Waals surface area contributed by atoms with Crippen molar-refractivity contribution >= 4 is 31.8 Å². The summed E-state index contributed by atoms with van der Waals surface area (Å²) >= 11 is 5.70. The second-order valence-electron chi connectivity index (χ2n) is 14.0. The first kappa shape index (κ1) is 42.4. The maximum absolute atomic E-state index is 12.6. The number of nitrogens with one attached hydrogen (secondary N) is 1. The Morgan fingerprint density at radius 3 is 2.00 bits per heavy atom. The average Bonchev–Trinajstić information content (AvgIpc) is 3.53. The maximum Gasteiger partial charge on any atom is 0.259 e. The van der Waals surface area contributed by atoms with E-state index in [4.69, 9.17) is 44.9 Å². The minimum Gasteiger partial charge on any atom is -0.497 e. The zero-order valence-corrected chi connectivity index (χ0v) is 34.5. The van der Waals surface area contributed by atoms with Crippen molar-refractivity contribution in [1.29, 1.82) is 5.26 Å². The number of nitriles is 1. The van der Waals surface area contributed by atoms with Gasteiger partial charge >= 0.3 is 0 Å². The molecule has 2 unspecified atom stereocenters. The number of benzene rings is 3. The van der Waals surface area contributed by atoms with Gasteiger partial charge < -0.3 is 42.9 Å². The number of rotatable bonds is 18. The molecule has 2 fully saturated rings. The molecule has 0 aromatic heterocycles. The predicted octanol–water partition coefficient (Wildman–Crippen LogP) is 6.77. The minimum atomic E-state index is -1.71. The van der Waals surface area contributed by atoms with Crippen LogP contribution in [-0.2, 0) is 33.7 Å². The average molecular weight is 793 g/mol. The molecule has 0 bridgehead atoms. The molecule has 12 nitrogen and oxygen atoms in total. The summed E-state index contributed by atoms with van der Waals surface area (Å²) in [6, 6.07) is 28.0. The fourth-order valence-corrected chi connectivity index (χ4v) is 9.18. The van der Waals surface area contributed by atoms with E-state index in [0.29, 0.717) is 18.0 Å². The van der Waals surface area contributed by atoms with E-state index >= 15 is 0 Å². The van der Waals surface area contributed by atoms with Crippen molar-refractivity contribution in [3.8, 4) is 17.6 Å². The summed E-state index contributed by atoms with van der Waals surface area (Å²) in [4.78, 5) is 14.5. The van der Waals surface area contributed by atoms with Crippen molar-refractivity contribution in [2.24, 2.45) is 5.92 Å². The van der Waals surface area contributed by atoms with Crippen LogP contribution >= 0.6 is 20.7 Å². The Morgan fingerprint density at radius 1 is 0.927 bits per heavy atom. The molecule has 0 saturated carbocycles. The van der Waals surface area contributed by atoms with Gasteiger partial charge in [0.1, 0.15) is 35.4 Å². The number of hydrogen-bond donors (Lipinski definition) is 1. The number of amides is 1. The lowest BCUT2D eigenvalue weighted by Gasteiger charge is -2.40. The van der Waals surface area contributed by atoms with Crippen LogP contribution in [0.5, 0.6) is 11.5 Å². The highest BCUT2D eigenvalue weighted by atomic mass is 32.1. The van der Waals surface area contributed by atoms with Crippen LogP contribution in [0.2, 0.25) is 0 Å². The summed E-state index contributed by atoms with van der Waals surface area (Å²) in [5.41, 5.74) is 1.48. The lowest BCUT2D eigenvalue weighted by atomic mass is 9.80. The van der Waals surface area contributed by atoms with Gasteiger partial charge in [-0.3, -0.25) is 4.79 Å². The summed E-state index contributed by atoms with van der Waals surface area (Å²) in [6.45, 7) is 10.8. The van der Waals surface area contributed by atoms with E-state index in [2.05, 4.69) is 43.8 Å².